The minimum atomic E-state index is -4.90. The molecule has 0 amide bonds. The number of ether oxygens (including phenoxy) is 7. The van der Waals surface area contributed by atoms with E-state index in [1.807, 2.05) is 0 Å². The number of aliphatic hydroxyl groups excluding tert-OH is 5. The Morgan fingerprint density at radius 1 is 0.821 bits per heavy atom. The molecular formula is C45H72F6N2O14. The monoisotopic (exact) mass is 978 g/mol. The molecule has 3 fully saturated rings. The molecular weight excluding hydrogens is 906 g/mol. The van der Waals surface area contributed by atoms with Crippen molar-refractivity contribution in [2.24, 2.45) is 35.5 Å². The maximum Gasteiger partial charge on any atom is 0.393 e. The van der Waals surface area contributed by atoms with Crippen LogP contribution in [0.1, 0.15) is 66.7 Å². The molecule has 16 nitrogen and oxygen atoms in total. The lowest BCUT2D eigenvalue weighted by Crippen LogP contribution is -2.63. The third kappa shape index (κ3) is 15.1. The van der Waals surface area contributed by atoms with Crippen LogP contribution in [0.3, 0.4) is 0 Å². The van der Waals surface area contributed by atoms with Gasteiger partial charge in [-0.2, -0.15) is 26.3 Å². The fourth-order valence-corrected chi connectivity index (χ4v) is 9.71. The van der Waals surface area contributed by atoms with Crippen LogP contribution in [0, 0.1) is 35.5 Å². The number of hydrogen-bond donors (Lipinski definition) is 5. The Kier molecular flexibility index (Phi) is 21.1. The number of likely N-dealkylation sites (tertiary alicyclic amines) is 1. The normalized spacial score (nSPS) is 42.0. The molecule has 4 aliphatic rings. The number of carbonyl (C=O) groups excluding carboxylic acids is 2. The van der Waals surface area contributed by atoms with Gasteiger partial charge in [0.25, 0.3) is 0 Å². The van der Waals surface area contributed by atoms with Crippen LogP contribution in [-0.2, 0) is 42.7 Å². The van der Waals surface area contributed by atoms with Crippen molar-refractivity contribution < 1.29 is 94.6 Å². The Morgan fingerprint density at radius 3 is 1.99 bits per heavy atom. The van der Waals surface area contributed by atoms with Gasteiger partial charge in [0.1, 0.15) is 30.5 Å². The van der Waals surface area contributed by atoms with Gasteiger partial charge in [-0.15, -0.1) is 0 Å². The van der Waals surface area contributed by atoms with Crippen LogP contribution < -0.4 is 0 Å². The van der Waals surface area contributed by atoms with Crippen LogP contribution in [0.4, 0.5) is 26.3 Å². The number of ketones is 1. The van der Waals surface area contributed by atoms with Crippen molar-refractivity contribution in [3.05, 3.63) is 23.8 Å². The van der Waals surface area contributed by atoms with Crippen molar-refractivity contribution in [1.29, 1.82) is 0 Å². The van der Waals surface area contributed by atoms with Crippen molar-refractivity contribution in [1.82, 2.24) is 9.80 Å². The van der Waals surface area contributed by atoms with E-state index in [0.717, 1.165) is 4.90 Å². The fourth-order valence-electron chi connectivity index (χ4n) is 9.71. The van der Waals surface area contributed by atoms with Crippen molar-refractivity contribution in [3.63, 3.8) is 0 Å². The number of piperidine rings is 1. The van der Waals surface area contributed by atoms with E-state index in [1.54, 1.807) is 52.8 Å². The molecule has 3 saturated heterocycles. The second-order valence-electron chi connectivity index (χ2n) is 18.9. The van der Waals surface area contributed by atoms with Gasteiger partial charge >= 0.3 is 18.3 Å². The van der Waals surface area contributed by atoms with Crippen molar-refractivity contribution in [2.75, 3.05) is 54.6 Å². The molecule has 0 aromatic rings. The van der Waals surface area contributed by atoms with Crippen LogP contribution in [-0.4, -0.2) is 194 Å². The summed E-state index contributed by atoms with van der Waals surface area (Å²) in [6, 6.07) is -0.924. The molecule has 388 valence electrons. The van der Waals surface area contributed by atoms with E-state index in [1.165, 1.54) is 33.3 Å². The summed E-state index contributed by atoms with van der Waals surface area (Å²) in [5.41, 5.74) is 0.514. The molecule has 22 heteroatoms. The second kappa shape index (κ2) is 24.7. The summed E-state index contributed by atoms with van der Waals surface area (Å²) in [6.07, 6.45) is -22.3. The van der Waals surface area contributed by atoms with Gasteiger partial charge in [0, 0.05) is 45.1 Å². The van der Waals surface area contributed by atoms with Crippen LogP contribution in [0.25, 0.3) is 0 Å². The summed E-state index contributed by atoms with van der Waals surface area (Å²) in [7, 11) is 5.85. The number of likely N-dealkylation sites (N-methyl/N-ethyl adjacent to an activating group) is 1. The summed E-state index contributed by atoms with van der Waals surface area (Å²) in [5, 5.41) is 55.9. The van der Waals surface area contributed by atoms with Gasteiger partial charge in [0.05, 0.1) is 55.3 Å². The van der Waals surface area contributed by atoms with E-state index in [9.17, 15) is 61.5 Å². The molecule has 67 heavy (non-hydrogen) atoms. The molecule has 0 radical (unpaired) electrons. The number of allylic oxidation sites excluding steroid dienone is 3. The molecule has 5 N–H and O–H groups in total. The van der Waals surface area contributed by atoms with Crippen LogP contribution >= 0.6 is 0 Å². The van der Waals surface area contributed by atoms with Gasteiger partial charge in [-0.05, 0) is 72.2 Å². The van der Waals surface area contributed by atoms with Crippen LogP contribution in [0.5, 0.6) is 0 Å². The topological polar surface area (TPSA) is 206 Å². The number of aliphatic hydroxyl groups is 5. The third-order valence-corrected chi connectivity index (χ3v) is 13.7. The minimum absolute atomic E-state index is 0.0637. The highest BCUT2D eigenvalue weighted by atomic mass is 19.4. The van der Waals surface area contributed by atoms with E-state index in [-0.39, 0.29) is 32.4 Å². The SMILES string of the molecule is CC[C@H]1OC(=O)C[C@@H](O)[C@H](C)[C@@H](O[C@@H]2O[C@H](C)[C@@H](O)[C@H](N(C)C)[C@H]2O)[C@@H](CCN2C[C@H](C(F)(F)F)C[C@H](C(F)(F)F)C2)C[C@@H](C)C(=O)/C=C/C(C)=C/[C@@H]1CO[C@H]1O[C@@H](O)[C@H](OC)[C@H](OC)[C@@H]1O. The summed E-state index contributed by atoms with van der Waals surface area (Å²) in [4.78, 5) is 30.4. The molecule has 4 rings (SSSR count). The molecule has 0 aromatic carbocycles. The number of methoxy groups -OCH3 is 2. The highest BCUT2D eigenvalue weighted by Crippen LogP contribution is 2.42. The number of rotatable bonds is 12. The predicted molar refractivity (Wildman–Crippen MR) is 227 cm³/mol. The zero-order valence-corrected chi connectivity index (χ0v) is 39.6. The largest absolute Gasteiger partial charge is 0.462 e. The molecule has 19 atom stereocenters. The van der Waals surface area contributed by atoms with Gasteiger partial charge in [0.2, 0.25) is 0 Å². The van der Waals surface area contributed by atoms with Gasteiger partial charge in [-0.3, -0.25) is 9.59 Å². The van der Waals surface area contributed by atoms with Gasteiger partial charge in [-0.25, -0.2) is 0 Å². The quantitative estimate of drug-likeness (QED) is 0.141. The van der Waals surface area contributed by atoms with E-state index in [2.05, 4.69) is 0 Å². The summed E-state index contributed by atoms with van der Waals surface area (Å²) >= 11 is 0. The van der Waals surface area contributed by atoms with E-state index in [4.69, 9.17) is 33.2 Å². The minimum Gasteiger partial charge on any atom is -0.462 e. The molecule has 0 spiro atoms. The molecule has 0 aliphatic carbocycles. The van der Waals surface area contributed by atoms with Crippen LogP contribution in [0.2, 0.25) is 0 Å². The van der Waals surface area contributed by atoms with Gasteiger partial charge in [-0.1, -0.05) is 38.5 Å². The van der Waals surface area contributed by atoms with Crippen molar-refractivity contribution >= 4 is 11.8 Å². The Balaban J connectivity index is 1.72. The average Bonchev–Trinajstić information content (AvgIpc) is 3.24. The maximum absolute atomic E-state index is 14.0. The first-order valence-electron chi connectivity index (χ1n) is 22.9. The van der Waals surface area contributed by atoms with Crippen molar-refractivity contribution in [2.45, 2.75) is 159 Å². The standard InChI is InChI=1S/C45H72F6N2O14/c1-10-32-27(21-63-42-37(59)39(61-8)40(62-9)41(60)67-42)15-22(2)11-12-30(54)23(3)16-26(13-14-53-19-28(44(46,47)48)17-29(20-53)45(49,50)51)38(24(4)31(55)18-33(56)65-32)66-43-36(58)34(52(6)7)35(57)25(5)64-43/h11-12,15,23-29,31-32,34-43,55,57-60H,10,13-14,16-21H2,1-9H3/b12-11+,22-15+/t23-,24+,25-,26+,27-,28-,29+,31-,32-,34+,35-,36-,37+,38-,39-,40-,41-,42+,43+/m1/s1. The first-order valence-corrected chi connectivity index (χ1v) is 22.9. The Morgan fingerprint density at radius 2 is 1.43 bits per heavy atom. The predicted octanol–water partition coefficient (Wildman–Crippen LogP) is 3.36. The molecule has 4 heterocycles. The molecule has 0 bridgehead atoms. The lowest BCUT2D eigenvalue weighted by molar-refractivity contribution is -0.347. The maximum atomic E-state index is 14.0. The summed E-state index contributed by atoms with van der Waals surface area (Å²) in [5.74, 6) is -9.34. The number of esters is 1. The first-order chi connectivity index (χ1) is 31.2. The first kappa shape index (κ1) is 57.3. The smallest absolute Gasteiger partial charge is 0.393 e. The zero-order chi connectivity index (χ0) is 50.3. The van der Waals surface area contributed by atoms with E-state index >= 15 is 0 Å². The zero-order valence-electron chi connectivity index (χ0n) is 39.6. The highest BCUT2D eigenvalue weighted by molar-refractivity contribution is 5.91. The number of hydrogen-bond acceptors (Lipinski definition) is 16. The molecule has 0 unspecified atom stereocenters. The van der Waals surface area contributed by atoms with Gasteiger partial charge in [0.15, 0.2) is 24.7 Å². The lowest BCUT2D eigenvalue weighted by Gasteiger charge is -2.47. The second-order valence-corrected chi connectivity index (χ2v) is 18.9. The molecule has 4 aliphatic heterocycles. The summed E-state index contributed by atoms with van der Waals surface area (Å²) < 4.78 is 125. The third-order valence-electron chi connectivity index (χ3n) is 13.7. The van der Waals surface area contributed by atoms with E-state index in [0.29, 0.717) is 5.57 Å². The number of alkyl halides is 6. The highest BCUT2D eigenvalue weighted by Gasteiger charge is 2.52. The number of carbonyl (C=O) groups is 2. The number of nitrogens with zero attached hydrogens (tertiary/aromatic N) is 2. The number of halogens is 6. The fraction of sp³-hybridized carbons (Fsp3) is 0.867. The Bertz CT molecular complexity index is 1620. The lowest BCUT2D eigenvalue weighted by atomic mass is 9.79. The molecule has 0 saturated carbocycles. The summed E-state index contributed by atoms with van der Waals surface area (Å²) in [6.45, 7) is 6.13. The van der Waals surface area contributed by atoms with Crippen molar-refractivity contribution in [3.8, 4) is 0 Å². The Labute approximate surface area is 388 Å². The molecule has 0 aromatic heterocycles. The number of cyclic esters (lactones) is 1. The van der Waals surface area contributed by atoms with Crippen LogP contribution in [0.15, 0.2) is 23.8 Å². The van der Waals surface area contributed by atoms with E-state index < -0.39 is 165 Å². The van der Waals surface area contributed by atoms with Gasteiger partial charge < -0.3 is 68.5 Å². The average molecular weight is 979 g/mol. The Hall–Kier alpha value is -2.32.